The van der Waals surface area contributed by atoms with Crippen molar-refractivity contribution in [3.8, 4) is 0 Å². The number of carbonyl (C=O) groups is 4. The molecule has 2 unspecified atom stereocenters. The summed E-state index contributed by atoms with van der Waals surface area (Å²) in [5.41, 5.74) is 10.9. The summed E-state index contributed by atoms with van der Waals surface area (Å²) in [6.45, 7) is 2.44. The maximum Gasteiger partial charge on any atom is 0.320 e. The molecule has 0 fully saturated rings. The lowest BCUT2D eigenvalue weighted by atomic mass is 10.1. The van der Waals surface area contributed by atoms with Gasteiger partial charge in [0.15, 0.2) is 0 Å². The van der Waals surface area contributed by atoms with Crippen LogP contribution >= 0.6 is 0 Å². The highest BCUT2D eigenvalue weighted by molar-refractivity contribution is 5.84. The highest BCUT2D eigenvalue weighted by atomic mass is 16.4. The third-order valence-electron chi connectivity index (χ3n) is 3.15. The molecule has 7 N–H and O–H groups in total. The first-order chi connectivity index (χ1) is 10.8. The van der Waals surface area contributed by atoms with Gasteiger partial charge in [0.05, 0.1) is 6.04 Å². The van der Waals surface area contributed by atoms with Crippen molar-refractivity contribution in [1.82, 2.24) is 10.6 Å². The van der Waals surface area contributed by atoms with Crippen molar-refractivity contribution < 1.29 is 24.3 Å². The zero-order chi connectivity index (χ0) is 17.8. The maximum atomic E-state index is 11.7. The van der Waals surface area contributed by atoms with Crippen molar-refractivity contribution in [3.63, 3.8) is 0 Å². The second-order valence-electron chi connectivity index (χ2n) is 5.16. The number of amides is 2. The number of carboxylic acid groups (broad SMARTS) is 1. The van der Waals surface area contributed by atoms with E-state index in [0.29, 0.717) is 6.54 Å². The van der Waals surface area contributed by atoms with Gasteiger partial charge >= 0.3 is 5.97 Å². The number of ketones is 1. The molecule has 0 saturated carbocycles. The largest absolute Gasteiger partial charge is 0.480 e. The molecule has 132 valence electrons. The molecule has 0 aromatic carbocycles. The monoisotopic (exact) mass is 330 g/mol. The number of aliphatic carboxylic acids is 1. The van der Waals surface area contributed by atoms with Crippen molar-refractivity contribution in [2.75, 3.05) is 13.1 Å². The molecule has 0 aliphatic heterocycles. The summed E-state index contributed by atoms with van der Waals surface area (Å²) in [6.07, 6.45) is 0.579. The minimum atomic E-state index is -1.15. The number of rotatable bonds is 12. The van der Waals surface area contributed by atoms with E-state index in [-0.39, 0.29) is 50.3 Å². The average Bonchev–Trinajstić information content (AvgIpc) is 2.50. The van der Waals surface area contributed by atoms with Gasteiger partial charge in [-0.25, -0.2) is 0 Å². The minimum absolute atomic E-state index is 0.0482. The fraction of sp³-hybridized carbons (Fsp3) is 0.714. The maximum absolute atomic E-state index is 11.7. The third kappa shape index (κ3) is 10.4. The van der Waals surface area contributed by atoms with E-state index in [1.54, 1.807) is 6.92 Å². The second-order valence-corrected chi connectivity index (χ2v) is 5.16. The number of nitrogens with two attached hydrogens (primary N) is 2. The van der Waals surface area contributed by atoms with Gasteiger partial charge in [0, 0.05) is 32.4 Å². The molecule has 0 radical (unpaired) electrons. The summed E-state index contributed by atoms with van der Waals surface area (Å²) < 4.78 is 0. The Hall–Kier alpha value is -2.00. The number of carbonyl (C=O) groups excluding carboxylic acids is 3. The highest BCUT2D eigenvalue weighted by Crippen LogP contribution is 1.99. The summed E-state index contributed by atoms with van der Waals surface area (Å²) in [6, 6.07) is -1.87. The molecule has 0 aromatic rings. The first-order valence-electron chi connectivity index (χ1n) is 7.58. The van der Waals surface area contributed by atoms with Crippen molar-refractivity contribution >= 4 is 23.6 Å². The number of Topliss-reactive ketones (excluding diaryl/α,β-unsaturated/α-hetero) is 1. The molecule has 0 heterocycles. The zero-order valence-corrected chi connectivity index (χ0v) is 13.3. The molecule has 2 amide bonds. The summed E-state index contributed by atoms with van der Waals surface area (Å²) in [4.78, 5) is 45.0. The quantitative estimate of drug-likeness (QED) is 0.290. The Morgan fingerprint density at radius 2 is 1.57 bits per heavy atom. The van der Waals surface area contributed by atoms with Crippen LogP contribution in [0.1, 0.15) is 39.0 Å². The van der Waals surface area contributed by atoms with E-state index in [2.05, 4.69) is 10.6 Å². The standard InChI is InChI=1S/C14H26N4O5/c1-2-17-12(20)6-5-10(15)13(21)18-8-7-9(19)3-4-11(16)14(22)23/h10-11H,2-8,15-16H2,1H3,(H,17,20)(H,18,21)(H,22,23). The van der Waals surface area contributed by atoms with Gasteiger partial charge < -0.3 is 27.2 Å². The molecule has 0 spiro atoms. The van der Waals surface area contributed by atoms with E-state index < -0.39 is 24.0 Å². The van der Waals surface area contributed by atoms with Crippen LogP contribution in [-0.2, 0) is 19.2 Å². The molecule has 0 bridgehead atoms. The zero-order valence-electron chi connectivity index (χ0n) is 13.3. The van der Waals surface area contributed by atoms with Crippen molar-refractivity contribution in [2.24, 2.45) is 11.5 Å². The lowest BCUT2D eigenvalue weighted by molar-refractivity contribution is -0.138. The third-order valence-corrected chi connectivity index (χ3v) is 3.15. The van der Waals surface area contributed by atoms with Gasteiger partial charge in [0.25, 0.3) is 0 Å². The van der Waals surface area contributed by atoms with Gasteiger partial charge in [-0.1, -0.05) is 0 Å². The topological polar surface area (TPSA) is 165 Å². The Morgan fingerprint density at radius 1 is 0.957 bits per heavy atom. The Balaban J connectivity index is 3.85. The molecular weight excluding hydrogens is 304 g/mol. The fourth-order valence-electron chi connectivity index (χ4n) is 1.72. The lowest BCUT2D eigenvalue weighted by Crippen LogP contribution is -2.42. The normalized spacial score (nSPS) is 13.0. The minimum Gasteiger partial charge on any atom is -0.480 e. The Kier molecular flexibility index (Phi) is 10.5. The van der Waals surface area contributed by atoms with Crippen LogP contribution in [0.4, 0.5) is 0 Å². The summed E-state index contributed by atoms with van der Waals surface area (Å²) in [7, 11) is 0. The molecule has 9 nitrogen and oxygen atoms in total. The Labute approximate surface area is 135 Å². The molecule has 0 rings (SSSR count). The average molecular weight is 330 g/mol. The Bertz CT molecular complexity index is 427. The van der Waals surface area contributed by atoms with Gasteiger partial charge in [0.2, 0.25) is 11.8 Å². The van der Waals surface area contributed by atoms with Gasteiger partial charge in [-0.05, 0) is 19.8 Å². The van der Waals surface area contributed by atoms with Crippen LogP contribution in [0.3, 0.4) is 0 Å². The van der Waals surface area contributed by atoms with Crippen LogP contribution in [0.15, 0.2) is 0 Å². The van der Waals surface area contributed by atoms with Gasteiger partial charge in [-0.2, -0.15) is 0 Å². The predicted molar refractivity (Wildman–Crippen MR) is 83.4 cm³/mol. The smallest absolute Gasteiger partial charge is 0.320 e. The number of hydrogen-bond donors (Lipinski definition) is 5. The number of carboxylic acids is 1. The SMILES string of the molecule is CCNC(=O)CCC(N)C(=O)NCCC(=O)CCC(N)C(=O)O. The van der Waals surface area contributed by atoms with E-state index in [9.17, 15) is 19.2 Å². The summed E-state index contributed by atoms with van der Waals surface area (Å²) in [5, 5.41) is 13.7. The van der Waals surface area contributed by atoms with E-state index in [0.717, 1.165) is 0 Å². The molecular formula is C14H26N4O5. The van der Waals surface area contributed by atoms with Crippen LogP contribution in [0.25, 0.3) is 0 Å². The van der Waals surface area contributed by atoms with Crippen LogP contribution < -0.4 is 22.1 Å². The van der Waals surface area contributed by atoms with Gasteiger partial charge in [0.1, 0.15) is 11.8 Å². The van der Waals surface area contributed by atoms with Crippen LogP contribution in [0, 0.1) is 0 Å². The predicted octanol–water partition coefficient (Wildman–Crippen LogP) is -1.50. The molecule has 0 saturated heterocycles. The van der Waals surface area contributed by atoms with E-state index in [1.807, 2.05) is 0 Å². The molecule has 0 aromatic heterocycles. The van der Waals surface area contributed by atoms with Crippen LogP contribution in [0.2, 0.25) is 0 Å². The molecule has 2 atom stereocenters. The van der Waals surface area contributed by atoms with Crippen molar-refractivity contribution in [2.45, 2.75) is 51.1 Å². The molecule has 23 heavy (non-hydrogen) atoms. The molecule has 0 aliphatic rings. The highest BCUT2D eigenvalue weighted by Gasteiger charge is 2.16. The van der Waals surface area contributed by atoms with E-state index >= 15 is 0 Å². The first kappa shape index (κ1) is 21.0. The van der Waals surface area contributed by atoms with Gasteiger partial charge in [-0.15, -0.1) is 0 Å². The fourth-order valence-corrected chi connectivity index (χ4v) is 1.72. The number of nitrogens with one attached hydrogen (secondary N) is 2. The molecule has 0 aliphatic carbocycles. The Morgan fingerprint density at radius 3 is 2.13 bits per heavy atom. The number of hydrogen-bond acceptors (Lipinski definition) is 6. The summed E-state index contributed by atoms with van der Waals surface area (Å²) in [5.74, 6) is -1.92. The van der Waals surface area contributed by atoms with Crippen molar-refractivity contribution in [3.05, 3.63) is 0 Å². The first-order valence-corrected chi connectivity index (χ1v) is 7.58. The van der Waals surface area contributed by atoms with Crippen LogP contribution in [0.5, 0.6) is 0 Å². The van der Waals surface area contributed by atoms with Gasteiger partial charge in [-0.3, -0.25) is 19.2 Å². The summed E-state index contributed by atoms with van der Waals surface area (Å²) >= 11 is 0. The lowest BCUT2D eigenvalue weighted by Gasteiger charge is -2.12. The van der Waals surface area contributed by atoms with E-state index in [1.165, 1.54) is 0 Å². The van der Waals surface area contributed by atoms with Crippen LogP contribution in [-0.4, -0.2) is 53.8 Å². The van der Waals surface area contributed by atoms with E-state index in [4.69, 9.17) is 16.6 Å². The molecule has 9 heteroatoms. The second kappa shape index (κ2) is 11.6. The van der Waals surface area contributed by atoms with Crippen molar-refractivity contribution in [1.29, 1.82) is 0 Å².